The van der Waals surface area contributed by atoms with Crippen LogP contribution in [-0.4, -0.2) is 29.6 Å². The monoisotopic (exact) mass is 283 g/mol. The van der Waals surface area contributed by atoms with E-state index in [9.17, 15) is 14.4 Å². The molecule has 1 aromatic rings. The lowest BCUT2D eigenvalue weighted by molar-refractivity contribution is -0.125. The Balaban J connectivity index is 2.40. The highest BCUT2D eigenvalue weighted by Crippen LogP contribution is 2.11. The molecule has 0 radical (unpaired) electrons. The van der Waals surface area contributed by atoms with E-state index in [1.54, 1.807) is 13.8 Å². The predicted molar refractivity (Wildman–Crippen MR) is 68.9 cm³/mol. The fraction of sp³-hybridized carbons (Fsp3) is 0.417. The Hall–Kier alpha value is -2.51. The lowest BCUT2D eigenvalue weighted by atomic mass is 9.93. The third-order valence-corrected chi connectivity index (χ3v) is 2.65. The van der Waals surface area contributed by atoms with Crippen molar-refractivity contribution in [1.82, 2.24) is 10.6 Å². The van der Waals surface area contributed by atoms with E-state index in [0.29, 0.717) is 5.76 Å². The van der Waals surface area contributed by atoms with Gasteiger partial charge in [0, 0.05) is 6.54 Å². The van der Waals surface area contributed by atoms with Crippen molar-refractivity contribution in [3.63, 3.8) is 0 Å². The van der Waals surface area contributed by atoms with Gasteiger partial charge in [0.05, 0.1) is 12.0 Å². The highest BCUT2D eigenvalue weighted by atomic mass is 16.4. The number of nitrogens with two attached hydrogens (primary N) is 1. The largest absolute Gasteiger partial charge is 0.475 e. The van der Waals surface area contributed by atoms with Gasteiger partial charge in [-0.3, -0.25) is 4.79 Å². The van der Waals surface area contributed by atoms with E-state index in [0.717, 1.165) is 0 Å². The maximum absolute atomic E-state index is 11.5. The van der Waals surface area contributed by atoms with E-state index in [1.165, 1.54) is 12.1 Å². The maximum atomic E-state index is 11.5. The second-order valence-corrected chi connectivity index (χ2v) is 4.86. The molecule has 1 aromatic heterocycles. The average molecular weight is 283 g/mol. The van der Waals surface area contributed by atoms with Crippen LogP contribution in [0.5, 0.6) is 0 Å². The average Bonchev–Trinajstić information content (AvgIpc) is 2.82. The van der Waals surface area contributed by atoms with Crippen LogP contribution in [0.2, 0.25) is 0 Å². The Kier molecular flexibility index (Phi) is 4.73. The van der Waals surface area contributed by atoms with Crippen LogP contribution in [0.3, 0.4) is 0 Å². The van der Waals surface area contributed by atoms with Crippen LogP contribution in [0.4, 0.5) is 4.79 Å². The van der Waals surface area contributed by atoms with Crippen molar-refractivity contribution in [3.8, 4) is 0 Å². The van der Waals surface area contributed by atoms with E-state index in [2.05, 4.69) is 10.6 Å². The van der Waals surface area contributed by atoms with Crippen molar-refractivity contribution in [2.75, 3.05) is 6.54 Å². The first kappa shape index (κ1) is 15.5. The summed E-state index contributed by atoms with van der Waals surface area (Å²) in [6, 6.07) is 2.25. The summed E-state index contributed by atoms with van der Waals surface area (Å²) in [7, 11) is 0. The van der Waals surface area contributed by atoms with Gasteiger partial charge in [-0.05, 0) is 26.0 Å². The van der Waals surface area contributed by atoms with Gasteiger partial charge in [0.1, 0.15) is 5.76 Å². The van der Waals surface area contributed by atoms with Crippen molar-refractivity contribution < 1.29 is 23.9 Å². The van der Waals surface area contributed by atoms with E-state index >= 15 is 0 Å². The van der Waals surface area contributed by atoms with Gasteiger partial charge >= 0.3 is 12.0 Å². The summed E-state index contributed by atoms with van der Waals surface area (Å²) >= 11 is 0. The van der Waals surface area contributed by atoms with E-state index in [-0.39, 0.29) is 18.8 Å². The first-order chi connectivity index (χ1) is 9.22. The van der Waals surface area contributed by atoms with Crippen LogP contribution in [0.25, 0.3) is 0 Å². The molecule has 8 nitrogen and oxygen atoms in total. The molecule has 0 aliphatic heterocycles. The summed E-state index contributed by atoms with van der Waals surface area (Å²) in [5, 5.41) is 13.6. The maximum Gasteiger partial charge on any atom is 0.371 e. The minimum absolute atomic E-state index is 0.0378. The zero-order valence-electron chi connectivity index (χ0n) is 11.2. The first-order valence-corrected chi connectivity index (χ1v) is 5.86. The number of amides is 3. The summed E-state index contributed by atoms with van der Waals surface area (Å²) in [5.41, 5.74) is 4.32. The van der Waals surface area contributed by atoms with Crippen molar-refractivity contribution >= 4 is 17.9 Å². The van der Waals surface area contributed by atoms with Crippen LogP contribution >= 0.6 is 0 Å². The minimum atomic E-state index is -1.18. The summed E-state index contributed by atoms with van der Waals surface area (Å²) in [6.45, 7) is 3.35. The van der Waals surface area contributed by atoms with Crippen LogP contribution in [0, 0.1) is 5.41 Å². The number of hydrogen-bond acceptors (Lipinski definition) is 4. The predicted octanol–water partition coefficient (Wildman–Crippen LogP) is 0.288. The number of aromatic carboxylic acids is 1. The number of rotatable bonds is 6. The molecule has 1 rings (SSSR count). The number of carbonyl (C=O) groups is 3. The van der Waals surface area contributed by atoms with Gasteiger partial charge in [0.25, 0.3) is 0 Å². The molecule has 0 aliphatic carbocycles. The molecule has 1 heterocycles. The number of nitrogens with one attached hydrogen (secondary N) is 2. The Morgan fingerprint density at radius 2 is 1.95 bits per heavy atom. The van der Waals surface area contributed by atoms with Gasteiger partial charge in [-0.15, -0.1) is 0 Å². The number of urea groups is 1. The van der Waals surface area contributed by atoms with Gasteiger partial charge in [-0.2, -0.15) is 0 Å². The smallest absolute Gasteiger partial charge is 0.371 e. The second kappa shape index (κ2) is 6.09. The molecular formula is C12H17N3O5. The Morgan fingerprint density at radius 1 is 1.30 bits per heavy atom. The molecule has 0 atom stereocenters. The van der Waals surface area contributed by atoms with Gasteiger partial charge in [0.15, 0.2) is 0 Å². The zero-order chi connectivity index (χ0) is 15.3. The molecule has 0 aliphatic rings. The third kappa shape index (κ3) is 4.30. The topological polar surface area (TPSA) is 135 Å². The fourth-order valence-corrected chi connectivity index (χ4v) is 1.21. The van der Waals surface area contributed by atoms with Crippen molar-refractivity contribution in [2.45, 2.75) is 20.4 Å². The lowest BCUT2D eigenvalue weighted by Gasteiger charge is -2.20. The lowest BCUT2D eigenvalue weighted by Crippen LogP contribution is -2.45. The molecule has 0 fully saturated rings. The molecule has 3 amide bonds. The van der Waals surface area contributed by atoms with Crippen LogP contribution in [-0.2, 0) is 11.3 Å². The Bertz CT molecular complexity index is 521. The number of furan rings is 1. The van der Waals surface area contributed by atoms with Crippen LogP contribution < -0.4 is 16.4 Å². The molecule has 5 N–H and O–H groups in total. The molecule has 0 bridgehead atoms. The fourth-order valence-electron chi connectivity index (χ4n) is 1.21. The van der Waals surface area contributed by atoms with E-state index < -0.39 is 23.3 Å². The normalized spacial score (nSPS) is 10.9. The molecule has 8 heteroatoms. The van der Waals surface area contributed by atoms with Gasteiger partial charge in [-0.25, -0.2) is 9.59 Å². The second-order valence-electron chi connectivity index (χ2n) is 4.86. The molecular weight excluding hydrogens is 266 g/mol. The summed E-state index contributed by atoms with van der Waals surface area (Å²) in [4.78, 5) is 33.1. The SMILES string of the molecule is CC(C)(CNC(=O)NCc1ccc(C(=O)O)o1)C(N)=O. The molecule has 110 valence electrons. The van der Waals surface area contributed by atoms with Gasteiger partial charge < -0.3 is 25.9 Å². The van der Waals surface area contributed by atoms with Crippen LogP contribution in [0.1, 0.15) is 30.2 Å². The zero-order valence-corrected chi connectivity index (χ0v) is 11.2. The highest BCUT2D eigenvalue weighted by molar-refractivity contribution is 5.84. The summed E-state index contributed by atoms with van der Waals surface area (Å²) < 4.78 is 4.96. The number of primary amides is 1. The van der Waals surface area contributed by atoms with E-state index in [4.69, 9.17) is 15.3 Å². The third-order valence-electron chi connectivity index (χ3n) is 2.65. The van der Waals surface area contributed by atoms with Gasteiger partial charge in [0.2, 0.25) is 11.7 Å². The van der Waals surface area contributed by atoms with Crippen molar-refractivity contribution in [1.29, 1.82) is 0 Å². The molecule has 20 heavy (non-hydrogen) atoms. The summed E-state index contributed by atoms with van der Waals surface area (Å²) in [5.74, 6) is -1.58. The van der Waals surface area contributed by atoms with Crippen molar-refractivity contribution in [2.24, 2.45) is 11.1 Å². The Labute approximate surface area is 115 Å². The quantitative estimate of drug-likeness (QED) is 0.595. The van der Waals surface area contributed by atoms with Gasteiger partial charge in [-0.1, -0.05) is 0 Å². The molecule has 0 unspecified atom stereocenters. The standard InChI is InChI=1S/C12H17N3O5/c1-12(2,10(13)18)6-15-11(19)14-5-7-3-4-8(20-7)9(16)17/h3-4H,5-6H2,1-2H3,(H2,13,18)(H,16,17)(H2,14,15,19). The molecule has 0 spiro atoms. The highest BCUT2D eigenvalue weighted by Gasteiger charge is 2.25. The number of carboxylic acid groups (broad SMARTS) is 1. The molecule has 0 aromatic carbocycles. The molecule has 0 saturated carbocycles. The van der Waals surface area contributed by atoms with Crippen LogP contribution in [0.15, 0.2) is 16.5 Å². The number of hydrogen-bond donors (Lipinski definition) is 4. The Morgan fingerprint density at radius 3 is 2.45 bits per heavy atom. The number of carboxylic acids is 1. The summed E-state index contributed by atoms with van der Waals surface area (Å²) in [6.07, 6.45) is 0. The van der Waals surface area contributed by atoms with E-state index in [1.807, 2.05) is 0 Å². The minimum Gasteiger partial charge on any atom is -0.475 e. The van der Waals surface area contributed by atoms with Crippen molar-refractivity contribution in [3.05, 3.63) is 23.7 Å². The first-order valence-electron chi connectivity index (χ1n) is 5.86. The number of carbonyl (C=O) groups excluding carboxylic acids is 2. The molecule has 0 saturated heterocycles.